The van der Waals surface area contributed by atoms with Gasteiger partial charge in [-0.1, -0.05) is 32.5 Å². The number of hydrogen-bond acceptors (Lipinski definition) is 7. The van der Waals surface area contributed by atoms with Gasteiger partial charge in [0, 0.05) is 17.2 Å². The lowest BCUT2D eigenvalue weighted by atomic mass is 9.96. The number of anilines is 1. The summed E-state index contributed by atoms with van der Waals surface area (Å²) < 4.78 is 12.0. The van der Waals surface area contributed by atoms with Crippen molar-refractivity contribution in [3.05, 3.63) is 24.0 Å². The maximum absolute atomic E-state index is 12.4. The molecule has 1 aliphatic heterocycles. The second-order valence-corrected chi connectivity index (χ2v) is 8.05. The standard InChI is InChI=1S/C16H21N5O3S/c1-9(25-15-20-19-14(21(15)17)16(2,3)4)13(22)18-10-5-6-11-12(7-10)24-8-23-11/h5-7,9H,8,17H2,1-4H3,(H,18,22)/t9-/m0/s1. The molecule has 1 aromatic carbocycles. The molecule has 1 aliphatic rings. The molecule has 0 saturated heterocycles. The molecule has 1 amide bonds. The summed E-state index contributed by atoms with van der Waals surface area (Å²) in [5.41, 5.74) is 0.421. The second kappa shape index (κ2) is 6.47. The van der Waals surface area contributed by atoms with Gasteiger partial charge < -0.3 is 20.6 Å². The summed E-state index contributed by atoms with van der Waals surface area (Å²) in [6.07, 6.45) is 0. The highest BCUT2D eigenvalue weighted by Gasteiger charge is 2.25. The number of carbonyl (C=O) groups excluding carboxylic acids is 1. The number of ether oxygens (including phenoxy) is 2. The van der Waals surface area contributed by atoms with Crippen molar-refractivity contribution >= 4 is 23.4 Å². The maximum atomic E-state index is 12.4. The fourth-order valence-electron chi connectivity index (χ4n) is 2.30. The molecule has 134 valence electrons. The number of fused-ring (bicyclic) bond motifs is 1. The Kier molecular flexibility index (Phi) is 4.51. The summed E-state index contributed by atoms with van der Waals surface area (Å²) in [5, 5.41) is 11.2. The summed E-state index contributed by atoms with van der Waals surface area (Å²) in [4.78, 5) is 12.4. The third-order valence-electron chi connectivity index (χ3n) is 3.63. The SMILES string of the molecule is C[C@H](Sc1nnc(C(C)(C)C)n1N)C(=O)Nc1ccc2c(c1)OCO2. The van der Waals surface area contributed by atoms with Crippen LogP contribution in [0.3, 0.4) is 0 Å². The van der Waals surface area contributed by atoms with Gasteiger partial charge in [-0.05, 0) is 19.1 Å². The van der Waals surface area contributed by atoms with Gasteiger partial charge in [-0.25, -0.2) is 4.68 Å². The molecule has 2 aromatic rings. The number of rotatable bonds is 4. The first kappa shape index (κ1) is 17.4. The molecule has 3 N–H and O–H groups in total. The molecule has 2 heterocycles. The van der Waals surface area contributed by atoms with Gasteiger partial charge >= 0.3 is 0 Å². The van der Waals surface area contributed by atoms with Crippen molar-refractivity contribution in [3.63, 3.8) is 0 Å². The van der Waals surface area contributed by atoms with E-state index in [0.717, 1.165) is 0 Å². The first-order valence-corrected chi connectivity index (χ1v) is 8.72. The highest BCUT2D eigenvalue weighted by molar-refractivity contribution is 8.00. The minimum absolute atomic E-state index is 0.163. The van der Waals surface area contributed by atoms with E-state index in [9.17, 15) is 4.79 Å². The number of aromatic nitrogens is 3. The molecule has 0 spiro atoms. The van der Waals surface area contributed by atoms with Gasteiger partial charge in [0.05, 0.1) is 5.25 Å². The third-order valence-corrected chi connectivity index (χ3v) is 4.68. The Morgan fingerprint density at radius 1 is 1.32 bits per heavy atom. The topological polar surface area (TPSA) is 104 Å². The Hall–Kier alpha value is -2.42. The highest BCUT2D eigenvalue weighted by atomic mass is 32.2. The minimum Gasteiger partial charge on any atom is -0.454 e. The molecule has 0 aliphatic carbocycles. The highest BCUT2D eigenvalue weighted by Crippen LogP contribution is 2.34. The van der Waals surface area contributed by atoms with Crippen molar-refractivity contribution in [2.75, 3.05) is 18.0 Å². The Morgan fingerprint density at radius 2 is 2.04 bits per heavy atom. The molecule has 3 rings (SSSR count). The van der Waals surface area contributed by atoms with E-state index >= 15 is 0 Å². The number of benzene rings is 1. The Balaban J connectivity index is 1.66. The molecular weight excluding hydrogens is 342 g/mol. The van der Waals surface area contributed by atoms with Gasteiger partial charge in [-0.3, -0.25) is 4.79 Å². The van der Waals surface area contributed by atoms with Gasteiger partial charge in [0.25, 0.3) is 0 Å². The summed E-state index contributed by atoms with van der Waals surface area (Å²) >= 11 is 1.26. The molecular formula is C16H21N5O3S. The van der Waals surface area contributed by atoms with Gasteiger partial charge in [-0.15, -0.1) is 10.2 Å². The molecule has 8 nitrogen and oxygen atoms in total. The van der Waals surface area contributed by atoms with Crippen LogP contribution in [0.2, 0.25) is 0 Å². The molecule has 25 heavy (non-hydrogen) atoms. The van der Waals surface area contributed by atoms with Gasteiger partial charge in [0.2, 0.25) is 17.9 Å². The van der Waals surface area contributed by atoms with E-state index < -0.39 is 5.25 Å². The quantitative estimate of drug-likeness (QED) is 0.633. The van der Waals surface area contributed by atoms with E-state index in [2.05, 4.69) is 15.5 Å². The van der Waals surface area contributed by atoms with Crippen molar-refractivity contribution in [2.24, 2.45) is 0 Å². The Labute approximate surface area is 150 Å². The van der Waals surface area contributed by atoms with Crippen LogP contribution in [0.15, 0.2) is 23.4 Å². The largest absolute Gasteiger partial charge is 0.454 e. The van der Waals surface area contributed by atoms with Crippen LogP contribution in [0.25, 0.3) is 0 Å². The fraction of sp³-hybridized carbons (Fsp3) is 0.438. The lowest BCUT2D eigenvalue weighted by molar-refractivity contribution is -0.115. The normalized spacial score (nSPS) is 14.4. The molecule has 0 unspecified atom stereocenters. The van der Waals surface area contributed by atoms with Crippen LogP contribution in [-0.2, 0) is 10.2 Å². The zero-order valence-electron chi connectivity index (χ0n) is 14.6. The number of thioether (sulfide) groups is 1. The van der Waals surface area contributed by atoms with E-state index in [1.165, 1.54) is 16.4 Å². The Morgan fingerprint density at radius 3 is 2.72 bits per heavy atom. The van der Waals surface area contributed by atoms with Crippen LogP contribution in [-0.4, -0.2) is 32.8 Å². The first-order chi connectivity index (χ1) is 11.8. The third kappa shape index (κ3) is 3.65. The van der Waals surface area contributed by atoms with Crippen molar-refractivity contribution in [3.8, 4) is 11.5 Å². The summed E-state index contributed by atoms with van der Waals surface area (Å²) in [6.45, 7) is 8.00. The molecule has 1 atom stereocenters. The van der Waals surface area contributed by atoms with Crippen molar-refractivity contribution in [1.82, 2.24) is 14.9 Å². The predicted molar refractivity (Wildman–Crippen MR) is 95.4 cm³/mol. The van der Waals surface area contributed by atoms with Gasteiger partial charge in [0.1, 0.15) is 0 Å². The van der Waals surface area contributed by atoms with Crippen LogP contribution >= 0.6 is 11.8 Å². The zero-order valence-corrected chi connectivity index (χ0v) is 15.4. The predicted octanol–water partition coefficient (Wildman–Crippen LogP) is 2.14. The summed E-state index contributed by atoms with van der Waals surface area (Å²) in [6, 6.07) is 5.27. The molecule has 0 radical (unpaired) electrons. The van der Waals surface area contributed by atoms with E-state index in [-0.39, 0.29) is 18.1 Å². The summed E-state index contributed by atoms with van der Waals surface area (Å²) in [5.74, 6) is 7.86. The maximum Gasteiger partial charge on any atom is 0.237 e. The number of nitrogens with two attached hydrogens (primary N) is 1. The minimum atomic E-state index is -0.398. The number of hydrogen-bond donors (Lipinski definition) is 2. The van der Waals surface area contributed by atoms with Crippen LogP contribution < -0.4 is 20.6 Å². The summed E-state index contributed by atoms with van der Waals surface area (Å²) in [7, 11) is 0. The van der Waals surface area contributed by atoms with E-state index in [1.54, 1.807) is 25.1 Å². The number of carbonyl (C=O) groups is 1. The molecule has 0 saturated carbocycles. The van der Waals surface area contributed by atoms with Crippen molar-refractivity contribution < 1.29 is 14.3 Å². The Bertz CT molecular complexity index is 800. The number of nitrogens with one attached hydrogen (secondary N) is 1. The average Bonchev–Trinajstić information content (AvgIpc) is 3.13. The van der Waals surface area contributed by atoms with Crippen LogP contribution in [0.1, 0.15) is 33.5 Å². The smallest absolute Gasteiger partial charge is 0.237 e. The van der Waals surface area contributed by atoms with Crippen molar-refractivity contribution in [1.29, 1.82) is 0 Å². The van der Waals surface area contributed by atoms with E-state index in [1.807, 2.05) is 20.8 Å². The number of amides is 1. The van der Waals surface area contributed by atoms with Crippen LogP contribution in [0, 0.1) is 0 Å². The lowest BCUT2D eigenvalue weighted by Crippen LogP contribution is -2.26. The second-order valence-electron chi connectivity index (χ2n) is 6.74. The van der Waals surface area contributed by atoms with Crippen LogP contribution in [0.5, 0.6) is 11.5 Å². The monoisotopic (exact) mass is 363 g/mol. The van der Waals surface area contributed by atoms with Gasteiger partial charge in [0.15, 0.2) is 17.3 Å². The average molecular weight is 363 g/mol. The van der Waals surface area contributed by atoms with E-state index in [4.69, 9.17) is 15.3 Å². The molecule has 0 fully saturated rings. The molecule has 9 heteroatoms. The fourth-order valence-corrected chi connectivity index (χ4v) is 3.07. The van der Waals surface area contributed by atoms with Gasteiger partial charge in [-0.2, -0.15) is 0 Å². The number of nitrogen functional groups attached to an aromatic ring is 1. The first-order valence-electron chi connectivity index (χ1n) is 7.84. The molecule has 0 bridgehead atoms. The van der Waals surface area contributed by atoms with E-state index in [0.29, 0.717) is 28.2 Å². The van der Waals surface area contributed by atoms with Crippen LogP contribution in [0.4, 0.5) is 5.69 Å². The zero-order chi connectivity index (χ0) is 18.2. The van der Waals surface area contributed by atoms with Crippen molar-refractivity contribution in [2.45, 2.75) is 43.5 Å². The number of nitrogens with zero attached hydrogens (tertiary/aromatic N) is 3. The lowest BCUT2D eigenvalue weighted by Gasteiger charge is -2.17. The molecule has 1 aromatic heterocycles.